The first-order valence-electron chi connectivity index (χ1n) is 13.2. The van der Waals surface area contributed by atoms with Gasteiger partial charge in [-0.1, -0.05) is 0 Å². The van der Waals surface area contributed by atoms with E-state index in [0.717, 1.165) is 86.9 Å². The third-order valence-electron chi connectivity index (χ3n) is 7.50. The van der Waals surface area contributed by atoms with E-state index in [4.69, 9.17) is 10.2 Å². The summed E-state index contributed by atoms with van der Waals surface area (Å²) >= 11 is 0. The van der Waals surface area contributed by atoms with Crippen molar-refractivity contribution in [1.29, 1.82) is 5.26 Å². The van der Waals surface area contributed by atoms with Crippen LogP contribution in [0.15, 0.2) is 42.7 Å². The number of anilines is 3. The minimum atomic E-state index is 0.391. The average molecular weight is 500 g/mol. The van der Waals surface area contributed by atoms with Gasteiger partial charge in [-0.3, -0.25) is 0 Å². The van der Waals surface area contributed by atoms with Crippen molar-refractivity contribution in [3.05, 3.63) is 48.3 Å². The van der Waals surface area contributed by atoms with Gasteiger partial charge < -0.3 is 24.9 Å². The van der Waals surface area contributed by atoms with Crippen molar-refractivity contribution in [3.8, 4) is 6.07 Å². The number of likely N-dealkylation sites (N-methyl/N-ethyl adjacent to an activating group) is 2. The molecule has 194 valence electrons. The molecular formula is C28H37N9. The van der Waals surface area contributed by atoms with Crippen LogP contribution in [0.25, 0.3) is 11.0 Å². The molecule has 2 fully saturated rings. The number of nitrogens with zero attached hydrogens (tertiary/aromatic N) is 8. The number of benzene rings is 1. The Hall–Kier alpha value is -3.48. The quantitative estimate of drug-likeness (QED) is 0.477. The van der Waals surface area contributed by atoms with Crippen molar-refractivity contribution < 1.29 is 0 Å². The van der Waals surface area contributed by atoms with Gasteiger partial charge in [0.1, 0.15) is 17.7 Å². The van der Waals surface area contributed by atoms with Crippen LogP contribution in [0, 0.1) is 17.2 Å². The maximum absolute atomic E-state index is 8.99. The molecule has 0 bridgehead atoms. The number of nitriles is 1. The molecule has 1 N–H and O–H groups in total. The third kappa shape index (κ3) is 6.09. The van der Waals surface area contributed by atoms with Crippen LogP contribution in [-0.4, -0.2) is 97.7 Å². The molecule has 4 heterocycles. The van der Waals surface area contributed by atoms with E-state index < -0.39 is 0 Å². The number of nitrogens with one attached hydrogen (secondary N) is 1. The highest BCUT2D eigenvalue weighted by molar-refractivity contribution is 5.86. The molecule has 9 nitrogen and oxygen atoms in total. The number of likely N-dealkylation sites (tertiary alicyclic amines) is 1. The van der Waals surface area contributed by atoms with E-state index in [2.05, 4.69) is 74.2 Å². The fourth-order valence-electron chi connectivity index (χ4n) is 5.17. The Kier molecular flexibility index (Phi) is 7.68. The molecule has 0 radical (unpaired) electrons. The zero-order chi connectivity index (χ0) is 25.8. The number of hydrogen-bond donors (Lipinski definition) is 1. The Morgan fingerprint density at radius 1 is 1.00 bits per heavy atom. The van der Waals surface area contributed by atoms with Crippen molar-refractivity contribution in [2.75, 3.05) is 82.1 Å². The summed E-state index contributed by atoms with van der Waals surface area (Å²) in [6.07, 6.45) is 3.83. The van der Waals surface area contributed by atoms with Crippen LogP contribution in [-0.2, 0) is 0 Å². The lowest BCUT2D eigenvalue weighted by Gasteiger charge is -2.44. The molecule has 5 rings (SSSR count). The summed E-state index contributed by atoms with van der Waals surface area (Å²) < 4.78 is 0. The molecule has 0 atom stereocenters. The molecular weight excluding hydrogens is 462 g/mol. The second kappa shape index (κ2) is 11.3. The fourth-order valence-corrected chi connectivity index (χ4v) is 5.17. The second-order valence-electron chi connectivity index (χ2n) is 10.6. The van der Waals surface area contributed by atoms with Crippen LogP contribution < -0.4 is 15.1 Å². The van der Waals surface area contributed by atoms with Gasteiger partial charge in [0.25, 0.3) is 0 Å². The fraction of sp³-hybridized carbons (Fsp3) is 0.500. The zero-order valence-electron chi connectivity index (χ0n) is 22.1. The molecule has 0 aliphatic carbocycles. The van der Waals surface area contributed by atoms with Crippen molar-refractivity contribution in [3.63, 3.8) is 0 Å². The SMILES string of the molecule is CN(C)CCN(C)c1ccc2ncnc(NC3CCN(CC4CN(c5ccc(C#N)cc5)C4)CC3)c2n1. The monoisotopic (exact) mass is 499 g/mol. The smallest absolute Gasteiger partial charge is 0.156 e. The first-order valence-corrected chi connectivity index (χ1v) is 13.2. The van der Waals surface area contributed by atoms with Crippen LogP contribution in [0.2, 0.25) is 0 Å². The van der Waals surface area contributed by atoms with Crippen molar-refractivity contribution in [2.24, 2.45) is 5.92 Å². The number of piperidine rings is 1. The molecule has 0 unspecified atom stereocenters. The van der Waals surface area contributed by atoms with E-state index in [9.17, 15) is 0 Å². The summed E-state index contributed by atoms with van der Waals surface area (Å²) in [5.41, 5.74) is 3.65. The molecule has 2 saturated heterocycles. The lowest BCUT2D eigenvalue weighted by atomic mass is 9.96. The summed E-state index contributed by atoms with van der Waals surface area (Å²) in [5.74, 6) is 2.49. The summed E-state index contributed by atoms with van der Waals surface area (Å²) in [4.78, 5) is 23.3. The Labute approximate surface area is 219 Å². The molecule has 0 saturated carbocycles. The van der Waals surface area contributed by atoms with Gasteiger partial charge in [0, 0.05) is 70.5 Å². The van der Waals surface area contributed by atoms with Gasteiger partial charge in [-0.2, -0.15) is 5.26 Å². The highest BCUT2D eigenvalue weighted by atomic mass is 15.2. The minimum Gasteiger partial charge on any atom is -0.371 e. The second-order valence-corrected chi connectivity index (χ2v) is 10.6. The van der Waals surface area contributed by atoms with Crippen LogP contribution in [0.3, 0.4) is 0 Å². The van der Waals surface area contributed by atoms with E-state index in [1.807, 2.05) is 24.3 Å². The van der Waals surface area contributed by atoms with Gasteiger partial charge in [0.05, 0.1) is 17.1 Å². The Morgan fingerprint density at radius 3 is 2.46 bits per heavy atom. The van der Waals surface area contributed by atoms with Gasteiger partial charge >= 0.3 is 0 Å². The summed E-state index contributed by atoms with van der Waals surface area (Å²) in [7, 11) is 6.25. The number of fused-ring (bicyclic) bond motifs is 1. The van der Waals surface area contributed by atoms with Crippen LogP contribution in [0.4, 0.5) is 17.3 Å². The Morgan fingerprint density at radius 2 is 1.76 bits per heavy atom. The molecule has 0 amide bonds. The van der Waals surface area contributed by atoms with Crippen molar-refractivity contribution >= 4 is 28.4 Å². The number of rotatable bonds is 9. The topological polar surface area (TPSA) is 87.5 Å². The number of pyridine rings is 1. The minimum absolute atomic E-state index is 0.391. The molecule has 37 heavy (non-hydrogen) atoms. The third-order valence-corrected chi connectivity index (χ3v) is 7.50. The molecule has 1 aromatic carbocycles. The van der Waals surface area contributed by atoms with Crippen LogP contribution in [0.1, 0.15) is 18.4 Å². The van der Waals surface area contributed by atoms with Crippen molar-refractivity contribution in [2.45, 2.75) is 18.9 Å². The van der Waals surface area contributed by atoms with Gasteiger partial charge in [-0.05, 0) is 63.3 Å². The number of aromatic nitrogens is 3. The van der Waals surface area contributed by atoms with E-state index >= 15 is 0 Å². The van der Waals surface area contributed by atoms with E-state index in [1.165, 1.54) is 5.69 Å². The largest absolute Gasteiger partial charge is 0.371 e. The predicted octanol–water partition coefficient (Wildman–Crippen LogP) is 2.91. The molecule has 3 aromatic rings. The van der Waals surface area contributed by atoms with E-state index in [-0.39, 0.29) is 0 Å². The highest BCUT2D eigenvalue weighted by Crippen LogP contribution is 2.27. The maximum Gasteiger partial charge on any atom is 0.156 e. The number of hydrogen-bond acceptors (Lipinski definition) is 9. The first kappa shape index (κ1) is 25.2. The van der Waals surface area contributed by atoms with Crippen LogP contribution in [0.5, 0.6) is 0 Å². The first-order chi connectivity index (χ1) is 18.0. The normalized spacial score (nSPS) is 17.1. The lowest BCUT2D eigenvalue weighted by Crippen LogP contribution is -2.53. The van der Waals surface area contributed by atoms with Gasteiger partial charge in [-0.25, -0.2) is 15.0 Å². The van der Waals surface area contributed by atoms with Gasteiger partial charge in [0.15, 0.2) is 5.82 Å². The molecule has 0 spiro atoms. The standard InChI is InChI=1S/C28H37N9/c1-34(2)14-15-35(3)26-9-8-25-27(33-26)28(31-20-30-25)32-23-10-12-36(13-11-23)17-22-18-37(19-22)24-6-4-21(16-29)5-7-24/h4-9,20,22-23H,10-15,17-19H2,1-3H3,(H,30,31,32). The Balaban J connectivity index is 1.12. The predicted molar refractivity (Wildman–Crippen MR) is 149 cm³/mol. The zero-order valence-corrected chi connectivity index (χ0v) is 22.1. The van der Waals surface area contributed by atoms with E-state index in [0.29, 0.717) is 12.0 Å². The summed E-state index contributed by atoms with van der Waals surface area (Å²) in [5, 5.41) is 12.7. The van der Waals surface area contributed by atoms with Gasteiger partial charge in [-0.15, -0.1) is 0 Å². The summed E-state index contributed by atoms with van der Waals surface area (Å²) in [6, 6.07) is 14.6. The lowest BCUT2D eigenvalue weighted by molar-refractivity contribution is 0.174. The molecule has 2 aliphatic rings. The van der Waals surface area contributed by atoms with Crippen LogP contribution >= 0.6 is 0 Å². The molecule has 2 aliphatic heterocycles. The molecule has 2 aromatic heterocycles. The Bertz CT molecular complexity index is 1220. The van der Waals surface area contributed by atoms with Gasteiger partial charge in [0.2, 0.25) is 0 Å². The summed E-state index contributed by atoms with van der Waals surface area (Å²) in [6.45, 7) is 7.41. The highest BCUT2D eigenvalue weighted by Gasteiger charge is 2.30. The maximum atomic E-state index is 8.99. The average Bonchev–Trinajstić information content (AvgIpc) is 2.90. The molecule has 9 heteroatoms. The van der Waals surface area contributed by atoms with E-state index in [1.54, 1.807) is 6.33 Å². The van der Waals surface area contributed by atoms with Crippen molar-refractivity contribution in [1.82, 2.24) is 24.8 Å².